The average molecular weight is 1290 g/mol. The molecular weight excluding hydrogens is 1150 g/mol. The Kier molecular flexibility index (Phi) is 76.9. The number of hydrogen-bond acceptors (Lipinski definition) is 5. The number of esters is 2. The number of carbonyl (C=O) groups is 2. The van der Waals surface area contributed by atoms with Crippen molar-refractivity contribution in [1.29, 1.82) is 0 Å². The lowest BCUT2D eigenvalue weighted by molar-refractivity contribution is -0.161. The molecule has 0 aliphatic rings. The molecule has 0 saturated carbocycles. The van der Waals surface area contributed by atoms with E-state index in [4.69, 9.17) is 9.47 Å². The van der Waals surface area contributed by atoms with E-state index in [-0.39, 0.29) is 25.2 Å². The lowest BCUT2D eigenvalue weighted by Gasteiger charge is -2.15. The molecule has 0 heterocycles. The highest BCUT2D eigenvalue weighted by molar-refractivity contribution is 5.70. The third-order valence-electron chi connectivity index (χ3n) is 16.1. The highest BCUT2D eigenvalue weighted by Crippen LogP contribution is 2.17. The predicted molar refractivity (Wildman–Crippen MR) is 416 cm³/mol. The van der Waals surface area contributed by atoms with Crippen LogP contribution >= 0.6 is 0 Å². The maximum Gasteiger partial charge on any atom is 0.306 e. The summed E-state index contributed by atoms with van der Waals surface area (Å²) in [5.41, 5.74) is 0. The molecule has 0 rings (SSSR count). The van der Waals surface area contributed by atoms with E-state index in [0.29, 0.717) is 12.8 Å². The van der Waals surface area contributed by atoms with Crippen molar-refractivity contribution in [2.24, 2.45) is 0 Å². The topological polar surface area (TPSA) is 72.8 Å². The summed E-state index contributed by atoms with van der Waals surface area (Å²) < 4.78 is 10.8. The summed E-state index contributed by atoms with van der Waals surface area (Å²) in [6, 6.07) is 0. The summed E-state index contributed by atoms with van der Waals surface area (Å²) in [6.07, 6.45) is 130. The fourth-order valence-corrected chi connectivity index (χ4v) is 10.4. The van der Waals surface area contributed by atoms with Crippen LogP contribution < -0.4 is 0 Å². The van der Waals surface area contributed by atoms with Gasteiger partial charge in [-0.25, -0.2) is 0 Å². The van der Waals surface area contributed by atoms with Gasteiger partial charge >= 0.3 is 11.9 Å². The minimum absolute atomic E-state index is 0.0759. The van der Waals surface area contributed by atoms with Gasteiger partial charge < -0.3 is 14.6 Å². The molecular formula is C89H142O5. The molecule has 94 heavy (non-hydrogen) atoms. The first kappa shape index (κ1) is 88.5. The van der Waals surface area contributed by atoms with Crippen molar-refractivity contribution < 1.29 is 24.2 Å². The number of carbonyl (C=O) groups excluding carboxylic acids is 2. The summed E-state index contributed by atoms with van der Waals surface area (Å²) >= 11 is 0. The monoisotopic (exact) mass is 1290 g/mol. The lowest BCUT2D eigenvalue weighted by atomic mass is 10.0. The fourth-order valence-electron chi connectivity index (χ4n) is 10.4. The second-order valence-corrected chi connectivity index (χ2v) is 25.0. The minimum Gasteiger partial charge on any atom is -0.462 e. The molecule has 1 atom stereocenters. The van der Waals surface area contributed by atoms with Gasteiger partial charge in [-0.1, -0.05) is 368 Å². The molecule has 0 radical (unpaired) electrons. The summed E-state index contributed by atoms with van der Waals surface area (Å²) in [7, 11) is 0. The van der Waals surface area contributed by atoms with Crippen LogP contribution in [0.2, 0.25) is 0 Å². The van der Waals surface area contributed by atoms with Gasteiger partial charge in [0.1, 0.15) is 6.61 Å². The van der Waals surface area contributed by atoms with Gasteiger partial charge in [0, 0.05) is 12.8 Å². The Labute approximate surface area is 580 Å². The van der Waals surface area contributed by atoms with Crippen LogP contribution in [0.4, 0.5) is 0 Å². The van der Waals surface area contributed by atoms with Crippen LogP contribution in [-0.4, -0.2) is 36.4 Å². The van der Waals surface area contributed by atoms with E-state index in [2.05, 4.69) is 220 Å². The maximum atomic E-state index is 12.4. The van der Waals surface area contributed by atoms with Crippen molar-refractivity contribution in [2.75, 3.05) is 13.2 Å². The number of unbranched alkanes of at least 4 members (excludes halogenated alkanes) is 27. The Hall–Kier alpha value is -5.52. The normalized spacial score (nSPS) is 13.4. The minimum atomic E-state index is -0.789. The van der Waals surface area contributed by atoms with E-state index in [1.54, 1.807) is 0 Å². The summed E-state index contributed by atoms with van der Waals surface area (Å²) in [4.78, 5) is 24.7. The van der Waals surface area contributed by atoms with Gasteiger partial charge in [-0.3, -0.25) is 9.59 Å². The summed E-state index contributed by atoms with van der Waals surface area (Å²) in [5.74, 6) is -0.597. The molecule has 1 unspecified atom stereocenters. The number of rotatable bonds is 69. The Morgan fingerprint density at radius 2 is 0.426 bits per heavy atom. The Morgan fingerprint density at radius 3 is 0.638 bits per heavy atom. The van der Waals surface area contributed by atoms with Gasteiger partial charge in [0.05, 0.1) is 6.61 Å². The largest absolute Gasteiger partial charge is 0.462 e. The third-order valence-corrected chi connectivity index (χ3v) is 16.1. The zero-order chi connectivity index (χ0) is 67.5. The summed E-state index contributed by atoms with van der Waals surface area (Å²) in [5, 5.41) is 9.73. The van der Waals surface area contributed by atoms with E-state index < -0.39 is 6.10 Å². The van der Waals surface area contributed by atoms with Crippen molar-refractivity contribution in [3.8, 4) is 0 Å². The van der Waals surface area contributed by atoms with Gasteiger partial charge in [-0.05, 0) is 148 Å². The first-order chi connectivity index (χ1) is 46.6. The highest BCUT2D eigenvalue weighted by Gasteiger charge is 2.16. The second kappa shape index (κ2) is 81.7. The van der Waals surface area contributed by atoms with Crippen LogP contribution in [0.25, 0.3) is 0 Å². The van der Waals surface area contributed by atoms with Crippen molar-refractivity contribution in [1.82, 2.24) is 0 Å². The smallest absolute Gasteiger partial charge is 0.306 e. The van der Waals surface area contributed by atoms with Crippen LogP contribution in [0.1, 0.15) is 322 Å². The van der Waals surface area contributed by atoms with E-state index in [1.165, 1.54) is 148 Å². The lowest BCUT2D eigenvalue weighted by Crippen LogP contribution is -2.28. The molecule has 0 amide bonds. The Bertz CT molecular complexity index is 2160. The van der Waals surface area contributed by atoms with Crippen molar-refractivity contribution in [3.05, 3.63) is 207 Å². The molecule has 5 nitrogen and oxygen atoms in total. The average Bonchev–Trinajstić information content (AvgIpc) is 3.77. The van der Waals surface area contributed by atoms with E-state index in [0.717, 1.165) is 148 Å². The van der Waals surface area contributed by atoms with Crippen molar-refractivity contribution in [2.45, 2.75) is 328 Å². The highest BCUT2D eigenvalue weighted by atomic mass is 16.6. The molecule has 0 saturated heterocycles. The summed E-state index contributed by atoms with van der Waals surface area (Å²) in [6.45, 7) is 3.92. The first-order valence-corrected chi connectivity index (χ1v) is 38.6. The molecule has 0 aromatic carbocycles. The zero-order valence-electron chi connectivity index (χ0n) is 60.6. The molecule has 0 spiro atoms. The molecule has 5 heteroatoms. The molecule has 1 N–H and O–H groups in total. The van der Waals surface area contributed by atoms with Crippen LogP contribution in [0.3, 0.4) is 0 Å². The van der Waals surface area contributed by atoms with Gasteiger partial charge in [-0.2, -0.15) is 0 Å². The molecule has 0 aromatic heterocycles. The number of aliphatic hydroxyl groups is 1. The SMILES string of the molecule is CC/C=C\C/C=C\C/C=C\C/C=C\C/C=C\C/C=C\C/C=C\C/C=C\C/C=C\C/C=C\CCCCCCCCCCCCC(=O)OC(CO)COC(=O)CCCCCCCCCCCCCCCCCCC/C=C\C/C=C\C/C=C\C/C=C\C/C=C\C/C=C\C/C=C\CC. The molecule has 0 fully saturated rings. The quantitative estimate of drug-likeness (QED) is 0.0373. The van der Waals surface area contributed by atoms with E-state index >= 15 is 0 Å². The Balaban J connectivity index is 3.54. The fraction of sp³-hybridized carbons (Fsp3) is 0.596. The van der Waals surface area contributed by atoms with Crippen molar-refractivity contribution >= 4 is 11.9 Å². The number of hydrogen-bond donors (Lipinski definition) is 1. The number of allylic oxidation sites excluding steroid dienone is 34. The molecule has 528 valence electrons. The van der Waals surface area contributed by atoms with Crippen molar-refractivity contribution in [3.63, 3.8) is 0 Å². The van der Waals surface area contributed by atoms with Gasteiger partial charge in [0.15, 0.2) is 6.10 Å². The van der Waals surface area contributed by atoms with Crippen LogP contribution in [0, 0.1) is 0 Å². The molecule has 0 aromatic rings. The third kappa shape index (κ3) is 78.9. The predicted octanol–water partition coefficient (Wildman–Crippen LogP) is 27.7. The van der Waals surface area contributed by atoms with Crippen LogP contribution in [0.5, 0.6) is 0 Å². The van der Waals surface area contributed by atoms with Crippen LogP contribution in [-0.2, 0) is 19.1 Å². The number of aliphatic hydroxyl groups excluding tert-OH is 1. The zero-order valence-corrected chi connectivity index (χ0v) is 60.6. The van der Waals surface area contributed by atoms with E-state index in [9.17, 15) is 14.7 Å². The maximum absolute atomic E-state index is 12.4. The van der Waals surface area contributed by atoms with Gasteiger partial charge in [-0.15, -0.1) is 0 Å². The molecule has 0 bridgehead atoms. The Morgan fingerprint density at radius 1 is 0.245 bits per heavy atom. The molecule has 0 aliphatic heterocycles. The molecule has 0 aliphatic carbocycles. The van der Waals surface area contributed by atoms with Crippen LogP contribution in [0.15, 0.2) is 207 Å². The second-order valence-electron chi connectivity index (χ2n) is 25.0. The van der Waals surface area contributed by atoms with Gasteiger partial charge in [0.2, 0.25) is 0 Å². The first-order valence-electron chi connectivity index (χ1n) is 38.6. The van der Waals surface area contributed by atoms with Gasteiger partial charge in [0.25, 0.3) is 0 Å². The standard InChI is InChI=1S/C89H142O5/c1-3-5-7-9-11-13-15-17-19-21-23-25-27-29-31-33-35-37-39-41-43-44-46-48-50-52-54-56-58-60-62-64-66-68-70-72-74-76-78-80-82-84-89(92)94-87(85-90)86-93-88(91)83-81-79-77-75-73-71-69-67-65-63-61-59-57-55-53-51-49-47-45-42-40-38-36-34-32-30-28-26-24-22-20-18-16-14-12-10-8-6-4-2/h5-8,11-14,17-20,23-26,29-32,35-38,41-43,45-46,48,52,54,58,60,87,90H,3-4,9-10,15-16,21-22,27-28,33-34,39-40,44,47,49-51,53,55-57,59,61-86H2,1-2H3/b7-5-,8-6-,13-11-,14-12-,19-17-,20-18-,25-23-,26-24-,31-29-,32-30-,37-35-,38-36-,43-41-,45-42-,48-46-,54-52-,60-58-. The number of ether oxygens (including phenoxy) is 2. The van der Waals surface area contributed by atoms with E-state index in [1.807, 2.05) is 0 Å².